The maximum absolute atomic E-state index is 15.4. The minimum Gasteiger partial charge on any atom is -0.384 e. The topological polar surface area (TPSA) is 133 Å². The van der Waals surface area contributed by atoms with Gasteiger partial charge in [0, 0.05) is 48.9 Å². The van der Waals surface area contributed by atoms with Crippen LogP contribution in [-0.2, 0) is 37.4 Å². The van der Waals surface area contributed by atoms with Gasteiger partial charge in [-0.25, -0.2) is 21.9 Å². The molecule has 13 heteroatoms. The number of benzene rings is 3. The zero-order valence-corrected chi connectivity index (χ0v) is 26.7. The summed E-state index contributed by atoms with van der Waals surface area (Å²) in [6, 6.07) is 16.1. The highest BCUT2D eigenvalue weighted by atomic mass is 32.2. The maximum atomic E-state index is 15.4. The number of aliphatic hydroxyl groups excluding tert-OH is 1. The molecule has 3 amide bonds. The largest absolute Gasteiger partial charge is 0.384 e. The van der Waals surface area contributed by atoms with E-state index in [0.717, 1.165) is 13.0 Å². The first kappa shape index (κ1) is 35.7. The number of rotatable bonds is 15. The van der Waals surface area contributed by atoms with Crippen molar-refractivity contribution in [1.29, 1.82) is 0 Å². The van der Waals surface area contributed by atoms with Crippen molar-refractivity contribution in [2.45, 2.75) is 62.3 Å². The highest BCUT2D eigenvalue weighted by Gasteiger charge is 2.24. The molecule has 0 aliphatic rings. The molecule has 2 atom stereocenters. The Morgan fingerprint density at radius 3 is 2.31 bits per heavy atom. The fraction of sp³-hybridized carbons (Fsp3) is 0.344. The molecule has 0 fully saturated rings. The number of hydrogen-bond donors (Lipinski definition) is 4. The Morgan fingerprint density at radius 1 is 0.956 bits per heavy atom. The van der Waals surface area contributed by atoms with Crippen LogP contribution in [-0.4, -0.2) is 60.6 Å². The summed E-state index contributed by atoms with van der Waals surface area (Å²) in [4.78, 5) is 38.4. The van der Waals surface area contributed by atoms with Crippen LogP contribution in [0.2, 0.25) is 0 Å². The Bertz CT molecular complexity index is 1620. The smallest absolute Gasteiger partial charge is 0.264 e. The molecule has 0 spiro atoms. The minimum absolute atomic E-state index is 0.0282. The third-order valence-corrected chi connectivity index (χ3v) is 8.66. The fourth-order valence-corrected chi connectivity index (χ4v) is 6.04. The number of nitrogens with zero attached hydrogens (tertiary/aromatic N) is 1. The van der Waals surface area contributed by atoms with E-state index in [2.05, 4.69) is 17.9 Å². The van der Waals surface area contributed by atoms with Gasteiger partial charge in [-0.3, -0.25) is 14.4 Å². The van der Waals surface area contributed by atoms with Gasteiger partial charge in [-0.1, -0.05) is 55.5 Å². The molecule has 9 nitrogen and oxygen atoms in total. The Morgan fingerprint density at radius 2 is 1.64 bits per heavy atom. The molecule has 0 bridgehead atoms. The van der Waals surface area contributed by atoms with Crippen molar-refractivity contribution in [2.75, 3.05) is 13.1 Å². The highest BCUT2D eigenvalue weighted by Crippen LogP contribution is 2.29. The zero-order valence-electron chi connectivity index (χ0n) is 25.0. The molecule has 0 aliphatic heterocycles. The molecule has 0 heterocycles. The summed E-state index contributed by atoms with van der Waals surface area (Å²) < 4.78 is 56.8. The van der Waals surface area contributed by atoms with E-state index in [-0.39, 0.29) is 76.9 Å². The molecule has 45 heavy (non-hydrogen) atoms. The fourth-order valence-electron chi connectivity index (χ4n) is 4.47. The molecule has 242 valence electrons. The van der Waals surface area contributed by atoms with E-state index in [9.17, 15) is 32.3 Å². The monoisotopic (exact) mass is 661 g/mol. The molecular formula is C32H37F2N3O6S2. The first-order valence-corrected chi connectivity index (χ1v) is 16.4. The minimum atomic E-state index is -4.38. The van der Waals surface area contributed by atoms with Crippen molar-refractivity contribution in [3.8, 4) is 11.1 Å². The van der Waals surface area contributed by atoms with Gasteiger partial charge in [0.2, 0.25) is 11.8 Å². The third kappa shape index (κ3) is 10.4. The van der Waals surface area contributed by atoms with Gasteiger partial charge in [0.25, 0.3) is 15.9 Å². The molecule has 3 aromatic carbocycles. The van der Waals surface area contributed by atoms with Gasteiger partial charge in [-0.15, -0.1) is 0 Å². The number of hydrogen-bond acceptors (Lipinski definition) is 7. The van der Waals surface area contributed by atoms with Crippen LogP contribution < -0.4 is 10.0 Å². The number of thiol groups is 1. The van der Waals surface area contributed by atoms with E-state index in [4.69, 9.17) is 0 Å². The van der Waals surface area contributed by atoms with E-state index in [1.807, 2.05) is 6.92 Å². The lowest BCUT2D eigenvalue weighted by atomic mass is 10.0. The van der Waals surface area contributed by atoms with Crippen molar-refractivity contribution in [2.24, 2.45) is 0 Å². The molecule has 0 aromatic heterocycles. The van der Waals surface area contributed by atoms with Gasteiger partial charge >= 0.3 is 0 Å². The summed E-state index contributed by atoms with van der Waals surface area (Å²) in [5.41, 5.74) is 0.988. The van der Waals surface area contributed by atoms with Crippen molar-refractivity contribution in [3.63, 3.8) is 0 Å². The molecule has 0 saturated carbocycles. The molecular weight excluding hydrogens is 624 g/mol. The SMILES string of the molecule is CCCC(=O)N(CCC(=O)NC[C@@H](S)Cc1ccccc1F)Cc1ccc(-c2ccccc2S(=O)(=O)NC(=O)[C@H](C)O)cc1F. The summed E-state index contributed by atoms with van der Waals surface area (Å²) >= 11 is 4.44. The van der Waals surface area contributed by atoms with Gasteiger partial charge in [0.05, 0.1) is 4.90 Å². The first-order valence-electron chi connectivity index (χ1n) is 14.4. The van der Waals surface area contributed by atoms with E-state index in [0.29, 0.717) is 18.4 Å². The molecule has 3 N–H and O–H groups in total. The van der Waals surface area contributed by atoms with E-state index in [1.165, 1.54) is 41.3 Å². The van der Waals surface area contributed by atoms with Crippen molar-refractivity contribution >= 4 is 40.4 Å². The second-order valence-corrected chi connectivity index (χ2v) is 12.9. The predicted octanol–water partition coefficient (Wildman–Crippen LogP) is 3.99. The molecule has 3 rings (SSSR count). The lowest BCUT2D eigenvalue weighted by Gasteiger charge is -2.23. The quantitative estimate of drug-likeness (QED) is 0.182. The summed E-state index contributed by atoms with van der Waals surface area (Å²) in [6.07, 6.45) is -0.528. The Kier molecular flexibility index (Phi) is 13.1. The molecule has 0 unspecified atom stereocenters. The number of sulfonamides is 1. The molecule has 0 saturated heterocycles. The van der Waals surface area contributed by atoms with Crippen LogP contribution in [0.15, 0.2) is 71.6 Å². The summed E-state index contributed by atoms with van der Waals surface area (Å²) in [6.45, 7) is 3.05. The predicted molar refractivity (Wildman–Crippen MR) is 170 cm³/mol. The highest BCUT2D eigenvalue weighted by molar-refractivity contribution is 7.90. The van der Waals surface area contributed by atoms with Crippen molar-refractivity contribution < 1.29 is 36.7 Å². The van der Waals surface area contributed by atoms with Crippen LogP contribution in [0, 0.1) is 11.6 Å². The second-order valence-electron chi connectivity index (χ2n) is 10.5. The van der Waals surface area contributed by atoms with Gasteiger partial charge in [-0.05, 0) is 49.1 Å². The van der Waals surface area contributed by atoms with E-state index in [1.54, 1.807) is 29.0 Å². The summed E-state index contributed by atoms with van der Waals surface area (Å²) in [5.74, 6) is -2.75. The maximum Gasteiger partial charge on any atom is 0.264 e. The number of carbonyl (C=O) groups excluding carboxylic acids is 3. The number of amides is 3. The Balaban J connectivity index is 1.70. The lowest BCUT2D eigenvalue weighted by Crippen LogP contribution is -2.37. The second kappa shape index (κ2) is 16.5. The van der Waals surface area contributed by atoms with Crippen LogP contribution in [0.25, 0.3) is 11.1 Å². The Labute approximate surface area is 267 Å². The third-order valence-electron chi connectivity index (χ3n) is 6.89. The van der Waals surface area contributed by atoms with Crippen molar-refractivity contribution in [1.82, 2.24) is 14.9 Å². The van der Waals surface area contributed by atoms with Gasteiger partial charge < -0.3 is 15.3 Å². The van der Waals surface area contributed by atoms with Crippen LogP contribution in [0.3, 0.4) is 0 Å². The number of aliphatic hydroxyl groups is 1. The van der Waals surface area contributed by atoms with Gasteiger partial charge in [-0.2, -0.15) is 12.6 Å². The normalized spacial score (nSPS) is 12.7. The summed E-state index contributed by atoms with van der Waals surface area (Å²) in [5, 5.41) is 11.8. The molecule has 0 radical (unpaired) electrons. The van der Waals surface area contributed by atoms with Crippen LogP contribution in [0.5, 0.6) is 0 Å². The first-order chi connectivity index (χ1) is 21.3. The number of halogens is 2. The van der Waals surface area contributed by atoms with Crippen LogP contribution in [0.4, 0.5) is 8.78 Å². The zero-order chi connectivity index (χ0) is 33.1. The summed E-state index contributed by atoms with van der Waals surface area (Å²) in [7, 11) is -4.38. The average molecular weight is 662 g/mol. The number of nitrogens with one attached hydrogen (secondary N) is 2. The Hall–Kier alpha value is -3.81. The molecule has 0 aliphatic carbocycles. The van der Waals surface area contributed by atoms with Gasteiger partial charge in [0.15, 0.2) is 0 Å². The average Bonchev–Trinajstić information content (AvgIpc) is 2.99. The van der Waals surface area contributed by atoms with Gasteiger partial charge in [0.1, 0.15) is 17.7 Å². The number of carbonyl (C=O) groups is 3. The van der Waals surface area contributed by atoms with Crippen LogP contribution >= 0.6 is 12.6 Å². The van der Waals surface area contributed by atoms with Crippen LogP contribution in [0.1, 0.15) is 44.2 Å². The standard InChI is InChI=1S/C32H37F2N3O6S2/c1-3-8-31(40)37(16-15-30(39)35-19-25(44)17-23-9-4-6-11-27(23)33)20-24-14-13-22(18-28(24)34)26-10-5-7-12-29(26)45(42,43)36-32(41)21(2)38/h4-7,9-14,18,21,25,38,44H,3,8,15-17,19-20H2,1-2H3,(H,35,39)(H,36,41)/t21-,25-/m0/s1. The van der Waals surface area contributed by atoms with Crippen molar-refractivity contribution in [3.05, 3.63) is 89.5 Å². The lowest BCUT2D eigenvalue weighted by molar-refractivity contribution is -0.132. The van der Waals surface area contributed by atoms with E-state index >= 15 is 4.39 Å². The van der Waals surface area contributed by atoms with E-state index < -0.39 is 27.9 Å². The molecule has 3 aromatic rings.